The number of halogens is 1. The predicted molar refractivity (Wildman–Crippen MR) is 81.9 cm³/mol. The van der Waals surface area contributed by atoms with Gasteiger partial charge in [0, 0.05) is 23.7 Å². The van der Waals surface area contributed by atoms with E-state index in [1.807, 2.05) is 6.08 Å². The summed E-state index contributed by atoms with van der Waals surface area (Å²) in [6.45, 7) is 4.96. The number of nitrogens with one attached hydrogen (secondary N) is 1. The van der Waals surface area contributed by atoms with Crippen LogP contribution >= 0.6 is 11.6 Å². The quantitative estimate of drug-likeness (QED) is 0.636. The van der Waals surface area contributed by atoms with Gasteiger partial charge in [-0.2, -0.15) is 0 Å². The average molecular weight is 295 g/mol. The summed E-state index contributed by atoms with van der Waals surface area (Å²) >= 11 is 5.95. The second-order valence-electron chi connectivity index (χ2n) is 5.49. The summed E-state index contributed by atoms with van der Waals surface area (Å²) in [4.78, 5) is 10.7. The first-order valence-electron chi connectivity index (χ1n) is 6.85. The largest absolute Gasteiger partial charge is 0.310 e. The summed E-state index contributed by atoms with van der Waals surface area (Å²) in [5, 5.41) is 15.0. The summed E-state index contributed by atoms with van der Waals surface area (Å²) in [5.41, 5.74) is 1.82. The van der Waals surface area contributed by atoms with Crippen molar-refractivity contribution in [1.82, 2.24) is 5.32 Å². The zero-order valence-corrected chi connectivity index (χ0v) is 12.5. The highest BCUT2D eigenvalue weighted by atomic mass is 35.5. The van der Waals surface area contributed by atoms with Crippen LogP contribution in [-0.4, -0.2) is 17.5 Å². The molecule has 1 saturated carbocycles. The van der Waals surface area contributed by atoms with Crippen molar-refractivity contribution in [3.05, 3.63) is 44.5 Å². The Morgan fingerprint density at radius 3 is 2.80 bits per heavy atom. The van der Waals surface area contributed by atoms with E-state index in [4.69, 9.17) is 11.6 Å². The van der Waals surface area contributed by atoms with Crippen LogP contribution < -0.4 is 5.32 Å². The van der Waals surface area contributed by atoms with Crippen molar-refractivity contribution in [2.24, 2.45) is 5.92 Å². The van der Waals surface area contributed by atoms with Gasteiger partial charge >= 0.3 is 0 Å². The molecule has 2 rings (SSSR count). The molecule has 4 nitrogen and oxygen atoms in total. The Bertz CT molecular complexity index is 537. The average Bonchev–Trinajstić information content (AvgIpc) is 3.17. The smallest absolute Gasteiger partial charge is 0.276 e. The Morgan fingerprint density at radius 1 is 1.55 bits per heavy atom. The van der Waals surface area contributed by atoms with E-state index in [-0.39, 0.29) is 10.6 Å². The topological polar surface area (TPSA) is 55.2 Å². The Morgan fingerprint density at radius 2 is 2.25 bits per heavy atom. The number of rotatable bonds is 6. The number of hydrogen-bond acceptors (Lipinski definition) is 3. The molecule has 1 N–H and O–H groups in total. The fraction of sp³-hybridized carbons (Fsp3) is 0.467. The van der Waals surface area contributed by atoms with Gasteiger partial charge < -0.3 is 5.32 Å². The third-order valence-corrected chi connectivity index (χ3v) is 3.68. The van der Waals surface area contributed by atoms with E-state index in [1.165, 1.54) is 18.9 Å². The minimum atomic E-state index is -0.367. The lowest BCUT2D eigenvalue weighted by Crippen LogP contribution is -2.21. The second kappa shape index (κ2) is 6.37. The van der Waals surface area contributed by atoms with Gasteiger partial charge in [0.2, 0.25) is 0 Å². The van der Waals surface area contributed by atoms with Gasteiger partial charge in [0.25, 0.3) is 5.69 Å². The van der Waals surface area contributed by atoms with Gasteiger partial charge in [-0.25, -0.2) is 0 Å². The van der Waals surface area contributed by atoms with Gasteiger partial charge in [-0.15, -0.1) is 0 Å². The minimum absolute atomic E-state index is 0.0963. The molecule has 0 spiro atoms. The van der Waals surface area contributed by atoms with E-state index < -0.39 is 0 Å². The van der Waals surface area contributed by atoms with Crippen molar-refractivity contribution in [3.8, 4) is 0 Å². The zero-order valence-electron chi connectivity index (χ0n) is 11.7. The lowest BCUT2D eigenvalue weighted by atomic mass is 9.99. The van der Waals surface area contributed by atoms with Crippen LogP contribution in [0.2, 0.25) is 5.02 Å². The first kappa shape index (κ1) is 15.0. The van der Waals surface area contributed by atoms with Gasteiger partial charge in [-0.05, 0) is 37.0 Å². The Hall–Kier alpha value is -1.39. The third kappa shape index (κ3) is 4.05. The van der Waals surface area contributed by atoms with Crippen LogP contribution in [0.1, 0.15) is 32.3 Å². The van der Waals surface area contributed by atoms with Crippen molar-refractivity contribution < 1.29 is 4.92 Å². The van der Waals surface area contributed by atoms with Crippen LogP contribution in [0.4, 0.5) is 5.69 Å². The number of nitro groups is 1. The van der Waals surface area contributed by atoms with Gasteiger partial charge in [0.15, 0.2) is 0 Å². The summed E-state index contributed by atoms with van der Waals surface area (Å²) in [6, 6.07) is 5.28. The molecule has 1 aromatic rings. The van der Waals surface area contributed by atoms with Crippen LogP contribution in [0.5, 0.6) is 0 Å². The number of hydrogen-bond donors (Lipinski definition) is 1. The van der Waals surface area contributed by atoms with Crippen molar-refractivity contribution in [2.45, 2.75) is 32.7 Å². The summed E-state index contributed by atoms with van der Waals surface area (Å²) in [5.74, 6) is 0.333. The molecule has 0 aliphatic heterocycles. The first-order chi connectivity index (χ1) is 9.47. The third-order valence-electron chi connectivity index (χ3n) is 3.44. The molecule has 0 heterocycles. The van der Waals surface area contributed by atoms with Gasteiger partial charge in [-0.3, -0.25) is 10.1 Å². The van der Waals surface area contributed by atoms with E-state index >= 15 is 0 Å². The van der Waals surface area contributed by atoms with Crippen molar-refractivity contribution in [2.75, 3.05) is 6.54 Å². The monoisotopic (exact) mass is 294 g/mol. The maximum Gasteiger partial charge on any atom is 0.276 e. The molecule has 0 atom stereocenters. The molecule has 1 aliphatic carbocycles. The maximum atomic E-state index is 11.1. The molecule has 0 unspecified atom stereocenters. The highest BCUT2D eigenvalue weighted by molar-refractivity contribution is 6.30. The molecular weight excluding hydrogens is 276 g/mol. The zero-order chi connectivity index (χ0) is 14.7. The number of benzene rings is 1. The second-order valence-corrected chi connectivity index (χ2v) is 5.93. The summed E-state index contributed by atoms with van der Waals surface area (Å²) in [7, 11) is 0. The fourth-order valence-electron chi connectivity index (χ4n) is 1.98. The lowest BCUT2D eigenvalue weighted by molar-refractivity contribution is -0.385. The summed E-state index contributed by atoms with van der Waals surface area (Å²) in [6.07, 6.45) is 4.34. The lowest BCUT2D eigenvalue weighted by Gasteiger charge is -2.13. The van der Waals surface area contributed by atoms with E-state index in [0.29, 0.717) is 22.5 Å². The Balaban J connectivity index is 2.28. The molecule has 1 aliphatic rings. The SMILES string of the molecule is CC(C)/C(=C/c1cc(Cl)ccc1[N+](=O)[O-])CNC1CC1. The van der Waals surface area contributed by atoms with E-state index in [9.17, 15) is 10.1 Å². The molecule has 0 amide bonds. The standard InChI is InChI=1S/C15H19ClN2O2/c1-10(2)12(9-17-14-4-5-14)7-11-8-13(16)3-6-15(11)18(19)20/h3,6-8,10,14,17H,4-5,9H2,1-2H3/b12-7+. The predicted octanol–water partition coefficient (Wildman–Crippen LogP) is 4.04. The van der Waals surface area contributed by atoms with Crippen molar-refractivity contribution >= 4 is 23.4 Å². The normalized spacial score (nSPS) is 15.7. The highest BCUT2D eigenvalue weighted by Crippen LogP contribution is 2.27. The first-order valence-corrected chi connectivity index (χ1v) is 7.23. The molecule has 0 saturated heterocycles. The molecule has 0 radical (unpaired) electrons. The summed E-state index contributed by atoms with van der Waals surface area (Å²) < 4.78 is 0. The Kier molecular flexibility index (Phi) is 4.78. The molecule has 20 heavy (non-hydrogen) atoms. The molecule has 0 aromatic heterocycles. The Labute approximate surface area is 124 Å². The van der Waals surface area contributed by atoms with Crippen LogP contribution in [0.25, 0.3) is 6.08 Å². The van der Waals surface area contributed by atoms with Gasteiger partial charge in [0.1, 0.15) is 0 Å². The van der Waals surface area contributed by atoms with Crippen LogP contribution in [0.15, 0.2) is 23.8 Å². The molecule has 1 fully saturated rings. The van der Waals surface area contributed by atoms with Crippen molar-refractivity contribution in [1.29, 1.82) is 0 Å². The molecule has 0 bridgehead atoms. The van der Waals surface area contributed by atoms with Crippen LogP contribution in [0, 0.1) is 16.0 Å². The van der Waals surface area contributed by atoms with Crippen LogP contribution in [-0.2, 0) is 0 Å². The minimum Gasteiger partial charge on any atom is -0.310 e. The molecule has 5 heteroatoms. The maximum absolute atomic E-state index is 11.1. The molecular formula is C15H19ClN2O2. The van der Waals surface area contributed by atoms with E-state index in [1.54, 1.807) is 12.1 Å². The van der Waals surface area contributed by atoms with Crippen molar-refractivity contribution in [3.63, 3.8) is 0 Å². The van der Waals surface area contributed by atoms with Gasteiger partial charge in [0.05, 0.1) is 10.5 Å². The van der Waals surface area contributed by atoms with Gasteiger partial charge in [-0.1, -0.05) is 31.0 Å². The fourth-order valence-corrected chi connectivity index (χ4v) is 2.16. The van der Waals surface area contributed by atoms with Crippen LogP contribution in [0.3, 0.4) is 0 Å². The molecule has 108 valence electrons. The number of nitrogens with zero attached hydrogens (tertiary/aromatic N) is 1. The highest BCUT2D eigenvalue weighted by Gasteiger charge is 2.21. The number of nitro benzene ring substituents is 1. The van der Waals surface area contributed by atoms with E-state index in [0.717, 1.165) is 12.1 Å². The molecule has 1 aromatic carbocycles. The van der Waals surface area contributed by atoms with E-state index in [2.05, 4.69) is 19.2 Å².